The summed E-state index contributed by atoms with van der Waals surface area (Å²) in [5.41, 5.74) is 8.40. The largest absolute Gasteiger partial charge is 0.399 e. The third kappa shape index (κ3) is 2.90. The maximum Gasteiger partial charge on any atom is 0.201 e. The number of nitrogens with one attached hydrogen (secondary N) is 2. The van der Waals surface area contributed by atoms with Gasteiger partial charge >= 0.3 is 0 Å². The molecule has 1 atom stereocenters. The molecule has 1 unspecified atom stereocenters. The summed E-state index contributed by atoms with van der Waals surface area (Å²) in [6, 6.07) is 6.11. The number of H-pyrrole nitrogens is 1. The summed E-state index contributed by atoms with van der Waals surface area (Å²) in [5.74, 6) is 1.50. The zero-order valence-electron chi connectivity index (χ0n) is 10.6. The lowest BCUT2D eigenvalue weighted by molar-refractivity contribution is 0.538. The van der Waals surface area contributed by atoms with Crippen molar-refractivity contribution >= 4 is 22.7 Å². The number of hydrogen-bond acceptors (Lipinski definition) is 3. The van der Waals surface area contributed by atoms with Gasteiger partial charge in [-0.15, -0.1) is 0 Å². The number of imidazole rings is 1. The highest BCUT2D eigenvalue weighted by Crippen LogP contribution is 2.18. The van der Waals surface area contributed by atoms with Crippen LogP contribution in [0.3, 0.4) is 0 Å². The number of nitrogens with zero attached hydrogens (tertiary/aromatic N) is 1. The van der Waals surface area contributed by atoms with Crippen LogP contribution in [0.2, 0.25) is 0 Å². The van der Waals surface area contributed by atoms with Crippen molar-refractivity contribution in [2.24, 2.45) is 5.92 Å². The molecule has 0 radical (unpaired) electrons. The fourth-order valence-corrected chi connectivity index (χ4v) is 2.10. The van der Waals surface area contributed by atoms with E-state index in [2.05, 4.69) is 36.1 Å². The van der Waals surface area contributed by atoms with Gasteiger partial charge in [0.2, 0.25) is 5.95 Å². The normalized spacial score (nSPS) is 13.2. The second-order valence-corrected chi connectivity index (χ2v) is 5.04. The van der Waals surface area contributed by atoms with Gasteiger partial charge in [0.05, 0.1) is 11.0 Å². The molecule has 0 saturated carbocycles. The molecule has 0 saturated heterocycles. The summed E-state index contributed by atoms with van der Waals surface area (Å²) in [6.45, 7) is 6.61. The molecule has 1 heterocycles. The summed E-state index contributed by atoms with van der Waals surface area (Å²) in [5, 5.41) is 3.37. The van der Waals surface area contributed by atoms with Crippen molar-refractivity contribution < 1.29 is 0 Å². The zero-order valence-corrected chi connectivity index (χ0v) is 10.6. The van der Waals surface area contributed by atoms with Crippen molar-refractivity contribution in [3.8, 4) is 0 Å². The summed E-state index contributed by atoms with van der Waals surface area (Å²) in [6.07, 6.45) is 1.12. The van der Waals surface area contributed by atoms with Crippen molar-refractivity contribution in [2.45, 2.75) is 33.2 Å². The first-order chi connectivity index (χ1) is 8.04. The van der Waals surface area contributed by atoms with Crippen LogP contribution in [-0.2, 0) is 0 Å². The number of nitrogen functional groups attached to an aromatic ring is 1. The molecule has 4 nitrogen and oxygen atoms in total. The minimum atomic E-state index is 0.410. The number of aromatic nitrogens is 2. The summed E-state index contributed by atoms with van der Waals surface area (Å²) in [4.78, 5) is 7.72. The third-order valence-electron chi connectivity index (χ3n) is 2.71. The van der Waals surface area contributed by atoms with Crippen LogP contribution in [0.15, 0.2) is 18.2 Å². The van der Waals surface area contributed by atoms with Crippen molar-refractivity contribution in [1.82, 2.24) is 9.97 Å². The van der Waals surface area contributed by atoms with E-state index in [4.69, 9.17) is 5.73 Å². The Kier molecular flexibility index (Phi) is 3.22. The molecule has 0 fully saturated rings. The molecule has 0 aliphatic heterocycles. The van der Waals surface area contributed by atoms with E-state index in [-0.39, 0.29) is 0 Å². The molecule has 1 aromatic heterocycles. The lowest BCUT2D eigenvalue weighted by atomic mass is 10.1. The Bertz CT molecular complexity index is 501. The fourth-order valence-electron chi connectivity index (χ4n) is 2.10. The van der Waals surface area contributed by atoms with Gasteiger partial charge in [-0.2, -0.15) is 0 Å². The van der Waals surface area contributed by atoms with E-state index in [0.717, 1.165) is 29.1 Å². The first-order valence-electron chi connectivity index (χ1n) is 6.06. The van der Waals surface area contributed by atoms with Crippen molar-refractivity contribution in [2.75, 3.05) is 11.1 Å². The number of aromatic amines is 1. The molecule has 0 aliphatic carbocycles. The van der Waals surface area contributed by atoms with E-state index in [1.54, 1.807) is 0 Å². The summed E-state index contributed by atoms with van der Waals surface area (Å²) in [7, 11) is 0. The van der Waals surface area contributed by atoms with Gasteiger partial charge in [-0.25, -0.2) is 4.98 Å². The summed E-state index contributed by atoms with van der Waals surface area (Å²) < 4.78 is 0. The minimum absolute atomic E-state index is 0.410. The van der Waals surface area contributed by atoms with E-state index >= 15 is 0 Å². The number of anilines is 2. The maximum absolute atomic E-state index is 5.73. The van der Waals surface area contributed by atoms with E-state index in [1.807, 2.05) is 18.2 Å². The van der Waals surface area contributed by atoms with Gasteiger partial charge in [-0.1, -0.05) is 13.8 Å². The average molecular weight is 232 g/mol. The predicted octanol–water partition coefficient (Wildman–Crippen LogP) is 2.99. The highest BCUT2D eigenvalue weighted by molar-refractivity contribution is 5.80. The van der Waals surface area contributed by atoms with Crippen LogP contribution < -0.4 is 11.1 Å². The van der Waals surface area contributed by atoms with E-state index in [0.29, 0.717) is 12.0 Å². The molecule has 2 aromatic rings. The standard InChI is InChI=1S/C13H20N4/c1-8(2)6-9(3)15-13-16-11-5-4-10(14)7-12(11)17-13/h4-5,7-9H,6,14H2,1-3H3,(H2,15,16,17). The third-order valence-corrected chi connectivity index (χ3v) is 2.71. The molecule has 0 spiro atoms. The molecule has 0 aliphatic rings. The van der Waals surface area contributed by atoms with Crippen LogP contribution in [-0.4, -0.2) is 16.0 Å². The molecular weight excluding hydrogens is 212 g/mol. The number of rotatable bonds is 4. The Morgan fingerprint density at radius 2 is 2.12 bits per heavy atom. The van der Waals surface area contributed by atoms with Crippen LogP contribution >= 0.6 is 0 Å². The number of benzene rings is 1. The quantitative estimate of drug-likeness (QED) is 0.710. The Morgan fingerprint density at radius 3 is 2.82 bits per heavy atom. The summed E-state index contributed by atoms with van der Waals surface area (Å²) >= 11 is 0. The van der Waals surface area contributed by atoms with Crippen LogP contribution in [0, 0.1) is 5.92 Å². The lowest BCUT2D eigenvalue weighted by Crippen LogP contribution is -2.18. The first-order valence-corrected chi connectivity index (χ1v) is 6.06. The highest BCUT2D eigenvalue weighted by Gasteiger charge is 2.08. The van der Waals surface area contributed by atoms with Crippen molar-refractivity contribution in [3.05, 3.63) is 18.2 Å². The zero-order chi connectivity index (χ0) is 12.4. The van der Waals surface area contributed by atoms with E-state index in [9.17, 15) is 0 Å². The number of nitrogens with two attached hydrogens (primary N) is 1. The second kappa shape index (κ2) is 4.65. The van der Waals surface area contributed by atoms with E-state index in [1.165, 1.54) is 0 Å². The topological polar surface area (TPSA) is 66.7 Å². The Balaban J connectivity index is 2.14. The molecule has 17 heavy (non-hydrogen) atoms. The van der Waals surface area contributed by atoms with Gasteiger partial charge in [0.15, 0.2) is 0 Å². The number of hydrogen-bond donors (Lipinski definition) is 3. The van der Waals surface area contributed by atoms with Crippen molar-refractivity contribution in [3.63, 3.8) is 0 Å². The Labute approximate surface area is 102 Å². The van der Waals surface area contributed by atoms with Crippen LogP contribution in [0.25, 0.3) is 11.0 Å². The van der Waals surface area contributed by atoms with Crippen LogP contribution in [0.4, 0.5) is 11.6 Å². The average Bonchev–Trinajstić information content (AvgIpc) is 2.57. The minimum Gasteiger partial charge on any atom is -0.399 e. The number of fused-ring (bicyclic) bond motifs is 1. The highest BCUT2D eigenvalue weighted by atomic mass is 15.1. The van der Waals surface area contributed by atoms with E-state index < -0.39 is 0 Å². The monoisotopic (exact) mass is 232 g/mol. The van der Waals surface area contributed by atoms with Gasteiger partial charge < -0.3 is 16.0 Å². The van der Waals surface area contributed by atoms with Crippen LogP contribution in [0.1, 0.15) is 27.2 Å². The first kappa shape index (κ1) is 11.8. The molecule has 0 bridgehead atoms. The molecule has 0 amide bonds. The lowest BCUT2D eigenvalue weighted by Gasteiger charge is -2.14. The Morgan fingerprint density at radius 1 is 1.35 bits per heavy atom. The van der Waals surface area contributed by atoms with Gasteiger partial charge in [0, 0.05) is 11.7 Å². The van der Waals surface area contributed by atoms with Gasteiger partial charge in [0.1, 0.15) is 0 Å². The van der Waals surface area contributed by atoms with Gasteiger partial charge in [0.25, 0.3) is 0 Å². The maximum atomic E-state index is 5.73. The predicted molar refractivity (Wildman–Crippen MR) is 73.0 cm³/mol. The van der Waals surface area contributed by atoms with Crippen LogP contribution in [0.5, 0.6) is 0 Å². The molecule has 4 heteroatoms. The molecule has 4 N–H and O–H groups in total. The SMILES string of the molecule is CC(C)CC(C)Nc1nc2ccc(N)cc2[nH]1. The van der Waals surface area contributed by atoms with Gasteiger partial charge in [-0.3, -0.25) is 0 Å². The second-order valence-electron chi connectivity index (χ2n) is 5.04. The molecule has 92 valence electrons. The van der Waals surface area contributed by atoms with Crippen molar-refractivity contribution in [1.29, 1.82) is 0 Å². The molecular formula is C13H20N4. The Hall–Kier alpha value is -1.71. The smallest absolute Gasteiger partial charge is 0.201 e. The molecule has 1 aromatic carbocycles. The van der Waals surface area contributed by atoms with Gasteiger partial charge in [-0.05, 0) is 37.5 Å². The molecule has 2 rings (SSSR count). The fraction of sp³-hybridized carbons (Fsp3) is 0.462.